The molecule has 154 valence electrons. The molecule has 0 aliphatic carbocycles. The molecular weight excluding hydrogens is 495 g/mol. The average Bonchev–Trinajstić information content (AvgIpc) is 2.68. The zero-order valence-corrected chi connectivity index (χ0v) is 18.4. The Morgan fingerprint density at radius 2 is 1.73 bits per heavy atom. The third-order valence-corrected chi connectivity index (χ3v) is 5.14. The predicted octanol–water partition coefficient (Wildman–Crippen LogP) is 5.51. The minimum absolute atomic E-state index is 0.0590. The van der Waals surface area contributed by atoms with Crippen LogP contribution in [0.2, 0.25) is 10.0 Å². The molecule has 0 aromatic heterocycles. The Hall–Kier alpha value is -2.74. The molecule has 9 heteroatoms. The Balaban J connectivity index is 1.74. The molecule has 3 rings (SSSR count). The van der Waals surface area contributed by atoms with Crippen molar-refractivity contribution in [1.29, 1.82) is 0 Å². The van der Waals surface area contributed by atoms with Gasteiger partial charge < -0.3 is 14.9 Å². The molecule has 0 bridgehead atoms. The van der Waals surface area contributed by atoms with Crippen LogP contribution in [0.1, 0.15) is 21.5 Å². The van der Waals surface area contributed by atoms with Crippen LogP contribution in [0, 0.1) is 0 Å². The smallest absolute Gasteiger partial charge is 0.271 e. The van der Waals surface area contributed by atoms with Crippen LogP contribution in [-0.2, 0) is 6.61 Å². The van der Waals surface area contributed by atoms with Crippen molar-refractivity contribution >= 4 is 51.3 Å². The molecule has 3 aromatic rings. The van der Waals surface area contributed by atoms with Gasteiger partial charge in [-0.3, -0.25) is 4.79 Å². The first-order valence-electron chi connectivity index (χ1n) is 8.55. The summed E-state index contributed by atoms with van der Waals surface area (Å²) in [6.45, 7) is 0.149. The summed E-state index contributed by atoms with van der Waals surface area (Å²) in [5, 5.41) is 23.9. The summed E-state index contributed by atoms with van der Waals surface area (Å²) >= 11 is 15.7. The van der Waals surface area contributed by atoms with Crippen LogP contribution < -0.4 is 10.2 Å². The van der Waals surface area contributed by atoms with Gasteiger partial charge in [-0.05, 0) is 42.5 Å². The standard InChI is InChI=1S/C21H15BrCl2N2O4/c22-14-4-5-20(30-11-17-18(23)2-1-3-19(17)24)13(6-14)10-25-26-21(29)12-7-15(27)9-16(28)8-12/h1-10,27-28H,11H2,(H,26,29)/b25-10+. The number of amides is 1. The second kappa shape index (κ2) is 9.84. The number of carbonyl (C=O) groups excluding carboxylic acids is 1. The number of hydrazone groups is 1. The van der Waals surface area contributed by atoms with Gasteiger partial charge in [-0.25, -0.2) is 5.43 Å². The monoisotopic (exact) mass is 508 g/mol. The van der Waals surface area contributed by atoms with Gasteiger partial charge in [0.2, 0.25) is 0 Å². The molecule has 0 fully saturated rings. The number of aromatic hydroxyl groups is 2. The van der Waals surface area contributed by atoms with Gasteiger partial charge in [0.1, 0.15) is 23.9 Å². The van der Waals surface area contributed by atoms with Crippen LogP contribution in [0.25, 0.3) is 0 Å². The van der Waals surface area contributed by atoms with Crippen molar-refractivity contribution in [2.45, 2.75) is 6.61 Å². The van der Waals surface area contributed by atoms with E-state index < -0.39 is 5.91 Å². The van der Waals surface area contributed by atoms with Gasteiger partial charge >= 0.3 is 0 Å². The largest absolute Gasteiger partial charge is 0.508 e. The first-order valence-corrected chi connectivity index (χ1v) is 10.1. The highest BCUT2D eigenvalue weighted by Gasteiger charge is 2.10. The second-order valence-corrected chi connectivity index (χ2v) is 7.84. The minimum Gasteiger partial charge on any atom is -0.508 e. The van der Waals surface area contributed by atoms with Crippen molar-refractivity contribution in [1.82, 2.24) is 5.43 Å². The van der Waals surface area contributed by atoms with Crippen LogP contribution in [0.5, 0.6) is 17.2 Å². The van der Waals surface area contributed by atoms with Crippen molar-refractivity contribution in [2.24, 2.45) is 5.10 Å². The highest BCUT2D eigenvalue weighted by atomic mass is 79.9. The van der Waals surface area contributed by atoms with E-state index in [1.54, 1.807) is 36.4 Å². The summed E-state index contributed by atoms with van der Waals surface area (Å²) in [6.07, 6.45) is 1.41. The maximum atomic E-state index is 12.2. The molecular formula is C21H15BrCl2N2O4. The topological polar surface area (TPSA) is 91.2 Å². The summed E-state index contributed by atoms with van der Waals surface area (Å²) < 4.78 is 6.64. The molecule has 0 atom stereocenters. The number of ether oxygens (including phenoxy) is 1. The quantitative estimate of drug-likeness (QED) is 0.302. The summed E-state index contributed by atoms with van der Waals surface area (Å²) in [7, 11) is 0. The van der Waals surface area contributed by atoms with E-state index in [4.69, 9.17) is 27.9 Å². The van der Waals surface area contributed by atoms with Crippen LogP contribution in [0.15, 0.2) is 64.2 Å². The fraction of sp³-hybridized carbons (Fsp3) is 0.0476. The first kappa shape index (κ1) is 22.0. The lowest BCUT2D eigenvalue weighted by molar-refractivity contribution is 0.0954. The zero-order valence-electron chi connectivity index (χ0n) is 15.3. The second-order valence-electron chi connectivity index (χ2n) is 6.11. The molecule has 0 spiro atoms. The van der Waals surface area contributed by atoms with Crippen LogP contribution in [-0.4, -0.2) is 22.3 Å². The molecule has 1 amide bonds. The van der Waals surface area contributed by atoms with E-state index in [1.165, 1.54) is 18.3 Å². The van der Waals surface area contributed by atoms with Gasteiger partial charge in [-0.1, -0.05) is 45.2 Å². The van der Waals surface area contributed by atoms with Crippen LogP contribution in [0.3, 0.4) is 0 Å². The predicted molar refractivity (Wildman–Crippen MR) is 120 cm³/mol. The van der Waals surface area contributed by atoms with Crippen molar-refractivity contribution in [2.75, 3.05) is 0 Å². The number of benzene rings is 3. The van der Waals surface area contributed by atoms with Crippen LogP contribution >= 0.6 is 39.1 Å². The number of rotatable bonds is 6. The third kappa shape index (κ3) is 5.66. The molecule has 3 N–H and O–H groups in total. The Kier molecular flexibility index (Phi) is 7.20. The number of phenols is 2. The molecule has 6 nitrogen and oxygen atoms in total. The van der Waals surface area contributed by atoms with Gasteiger partial charge in [0.25, 0.3) is 5.91 Å². The van der Waals surface area contributed by atoms with E-state index in [0.717, 1.165) is 10.5 Å². The molecule has 0 saturated heterocycles. The Morgan fingerprint density at radius 1 is 1.07 bits per heavy atom. The third-order valence-electron chi connectivity index (χ3n) is 3.94. The van der Waals surface area contributed by atoms with E-state index in [2.05, 4.69) is 26.5 Å². The maximum absolute atomic E-state index is 12.2. The molecule has 3 aromatic carbocycles. The van der Waals surface area contributed by atoms with Gasteiger partial charge in [-0.15, -0.1) is 0 Å². The van der Waals surface area contributed by atoms with Crippen molar-refractivity contribution in [3.63, 3.8) is 0 Å². The Bertz CT molecular complexity index is 1080. The summed E-state index contributed by atoms with van der Waals surface area (Å²) in [5.41, 5.74) is 3.64. The van der Waals surface area contributed by atoms with Gasteiger partial charge in [0, 0.05) is 37.3 Å². The van der Waals surface area contributed by atoms with Gasteiger partial charge in [0.05, 0.1) is 6.21 Å². The number of nitrogens with one attached hydrogen (secondary N) is 1. The highest BCUT2D eigenvalue weighted by Crippen LogP contribution is 2.28. The van der Waals surface area contributed by atoms with Crippen molar-refractivity contribution in [3.8, 4) is 17.2 Å². The van der Waals surface area contributed by atoms with E-state index in [9.17, 15) is 15.0 Å². The average molecular weight is 510 g/mol. The molecule has 0 saturated carbocycles. The zero-order chi connectivity index (χ0) is 21.7. The minimum atomic E-state index is -0.599. The van der Waals surface area contributed by atoms with Gasteiger partial charge in [-0.2, -0.15) is 5.10 Å². The summed E-state index contributed by atoms with van der Waals surface area (Å²) in [6, 6.07) is 14.1. The SMILES string of the molecule is O=C(N/N=C/c1cc(Br)ccc1OCc1c(Cl)cccc1Cl)c1cc(O)cc(O)c1. The molecule has 30 heavy (non-hydrogen) atoms. The van der Waals surface area contributed by atoms with E-state index >= 15 is 0 Å². The Morgan fingerprint density at radius 3 is 2.40 bits per heavy atom. The fourth-order valence-corrected chi connectivity index (χ4v) is 3.41. The number of hydrogen-bond acceptors (Lipinski definition) is 5. The molecule has 0 unspecified atom stereocenters. The van der Waals surface area contributed by atoms with Crippen molar-refractivity contribution < 1.29 is 19.7 Å². The maximum Gasteiger partial charge on any atom is 0.271 e. The lowest BCUT2D eigenvalue weighted by atomic mass is 10.2. The summed E-state index contributed by atoms with van der Waals surface area (Å²) in [4.78, 5) is 12.2. The lowest BCUT2D eigenvalue weighted by Gasteiger charge is -2.12. The number of halogens is 3. The molecule has 0 aliphatic heterocycles. The first-order chi connectivity index (χ1) is 14.3. The molecule has 0 radical (unpaired) electrons. The Labute approximate surface area is 190 Å². The number of carbonyl (C=O) groups is 1. The number of phenolic OH excluding ortho intramolecular Hbond substituents is 2. The van der Waals surface area contributed by atoms with Crippen molar-refractivity contribution in [3.05, 3.63) is 85.8 Å². The summed E-state index contributed by atoms with van der Waals surface area (Å²) in [5.74, 6) is -0.560. The van der Waals surface area contributed by atoms with E-state index in [-0.39, 0.29) is 23.7 Å². The van der Waals surface area contributed by atoms with Crippen LogP contribution in [0.4, 0.5) is 0 Å². The normalized spacial score (nSPS) is 10.9. The number of nitrogens with zero attached hydrogens (tertiary/aromatic N) is 1. The van der Waals surface area contributed by atoms with E-state index in [0.29, 0.717) is 26.9 Å². The van der Waals surface area contributed by atoms with Gasteiger partial charge in [0.15, 0.2) is 0 Å². The fourth-order valence-electron chi connectivity index (χ4n) is 2.52. The number of hydrogen-bond donors (Lipinski definition) is 3. The van der Waals surface area contributed by atoms with E-state index in [1.807, 2.05) is 0 Å². The lowest BCUT2D eigenvalue weighted by Crippen LogP contribution is -2.17. The highest BCUT2D eigenvalue weighted by molar-refractivity contribution is 9.10. The molecule has 0 aliphatic rings. The molecule has 0 heterocycles.